The average Bonchev–Trinajstić information content (AvgIpc) is 3.18. The van der Waals surface area contributed by atoms with E-state index in [2.05, 4.69) is 30.2 Å². The van der Waals surface area contributed by atoms with Crippen LogP contribution >= 0.6 is 0 Å². The Bertz CT molecular complexity index is 445. The van der Waals surface area contributed by atoms with Crippen molar-refractivity contribution in [2.75, 3.05) is 11.9 Å². The lowest BCUT2D eigenvalue weighted by molar-refractivity contribution is 0.0502. The maximum atomic E-state index is 5.91. The molecule has 0 bridgehead atoms. The van der Waals surface area contributed by atoms with Gasteiger partial charge in [-0.25, -0.2) is 9.97 Å². The number of ether oxygens (including phenoxy) is 1. The van der Waals surface area contributed by atoms with E-state index < -0.39 is 0 Å². The molecule has 1 saturated carbocycles. The van der Waals surface area contributed by atoms with Crippen LogP contribution < -0.4 is 5.32 Å². The summed E-state index contributed by atoms with van der Waals surface area (Å²) in [5, 5.41) is 3.39. The Morgan fingerprint density at radius 1 is 1.26 bits per heavy atom. The molecule has 2 atom stereocenters. The summed E-state index contributed by atoms with van der Waals surface area (Å²) in [5.74, 6) is 2.51. The van der Waals surface area contributed by atoms with E-state index in [1.165, 1.54) is 18.5 Å². The highest BCUT2D eigenvalue weighted by atomic mass is 16.5. The second-order valence-electron chi connectivity index (χ2n) is 5.75. The van der Waals surface area contributed by atoms with Gasteiger partial charge < -0.3 is 10.1 Å². The zero-order valence-corrected chi connectivity index (χ0v) is 11.9. The summed E-state index contributed by atoms with van der Waals surface area (Å²) >= 11 is 0. The molecule has 1 aliphatic carbocycles. The largest absolute Gasteiger partial charge is 0.370 e. The fourth-order valence-electron chi connectivity index (χ4n) is 2.55. The summed E-state index contributed by atoms with van der Waals surface area (Å²) in [6.07, 6.45) is 6.23. The SMILES string of the molecule is CCCNc1cc(C2CC2)nc(C2CCC(C)O2)n1. The van der Waals surface area contributed by atoms with Crippen LogP contribution in [0.3, 0.4) is 0 Å². The van der Waals surface area contributed by atoms with Gasteiger partial charge in [-0.15, -0.1) is 0 Å². The van der Waals surface area contributed by atoms with Crippen molar-refractivity contribution in [2.45, 2.75) is 64.1 Å². The van der Waals surface area contributed by atoms with E-state index in [4.69, 9.17) is 9.72 Å². The van der Waals surface area contributed by atoms with E-state index in [1.54, 1.807) is 0 Å². The molecule has 4 nitrogen and oxygen atoms in total. The Morgan fingerprint density at radius 2 is 2.11 bits per heavy atom. The van der Waals surface area contributed by atoms with Crippen LogP contribution in [-0.4, -0.2) is 22.6 Å². The first-order valence-electron chi connectivity index (χ1n) is 7.54. The van der Waals surface area contributed by atoms with Gasteiger partial charge in [0.05, 0.1) is 6.10 Å². The second kappa shape index (κ2) is 5.45. The maximum Gasteiger partial charge on any atom is 0.159 e. The molecule has 2 fully saturated rings. The van der Waals surface area contributed by atoms with Crippen molar-refractivity contribution in [3.63, 3.8) is 0 Å². The van der Waals surface area contributed by atoms with Gasteiger partial charge in [-0.2, -0.15) is 0 Å². The van der Waals surface area contributed by atoms with Gasteiger partial charge >= 0.3 is 0 Å². The quantitative estimate of drug-likeness (QED) is 0.882. The van der Waals surface area contributed by atoms with E-state index in [0.717, 1.165) is 37.4 Å². The highest BCUT2D eigenvalue weighted by molar-refractivity contribution is 5.38. The summed E-state index contributed by atoms with van der Waals surface area (Å²) in [4.78, 5) is 9.39. The highest BCUT2D eigenvalue weighted by Gasteiger charge is 2.30. The van der Waals surface area contributed by atoms with Gasteiger partial charge in [0.2, 0.25) is 0 Å². The number of hydrogen-bond donors (Lipinski definition) is 1. The minimum atomic E-state index is 0.0934. The van der Waals surface area contributed by atoms with Gasteiger partial charge in [0.25, 0.3) is 0 Å². The van der Waals surface area contributed by atoms with Gasteiger partial charge in [0.1, 0.15) is 11.9 Å². The summed E-state index contributed by atoms with van der Waals surface area (Å²) in [7, 11) is 0. The van der Waals surface area contributed by atoms with Crippen LogP contribution in [0.5, 0.6) is 0 Å². The number of hydrogen-bond acceptors (Lipinski definition) is 4. The average molecular weight is 261 g/mol. The van der Waals surface area contributed by atoms with E-state index in [1.807, 2.05) is 0 Å². The molecule has 0 radical (unpaired) electrons. The third-order valence-corrected chi connectivity index (χ3v) is 3.83. The van der Waals surface area contributed by atoms with Crippen LogP contribution in [0.15, 0.2) is 6.07 Å². The van der Waals surface area contributed by atoms with Gasteiger partial charge in [-0.3, -0.25) is 0 Å². The Balaban J connectivity index is 1.82. The van der Waals surface area contributed by atoms with Crippen molar-refractivity contribution in [2.24, 2.45) is 0 Å². The van der Waals surface area contributed by atoms with Crippen molar-refractivity contribution in [1.29, 1.82) is 0 Å². The molecule has 1 aliphatic heterocycles. The topological polar surface area (TPSA) is 47.0 Å². The lowest BCUT2D eigenvalue weighted by Crippen LogP contribution is -2.11. The highest BCUT2D eigenvalue weighted by Crippen LogP contribution is 2.40. The van der Waals surface area contributed by atoms with E-state index in [9.17, 15) is 0 Å². The Kier molecular flexibility index (Phi) is 3.69. The molecule has 2 aliphatic rings. The summed E-state index contributed by atoms with van der Waals surface area (Å²) in [6, 6.07) is 2.12. The Morgan fingerprint density at radius 3 is 2.74 bits per heavy atom. The van der Waals surface area contributed by atoms with Gasteiger partial charge in [0.15, 0.2) is 5.82 Å². The molecule has 2 heterocycles. The third-order valence-electron chi connectivity index (χ3n) is 3.83. The van der Waals surface area contributed by atoms with Crippen molar-refractivity contribution < 1.29 is 4.74 Å². The number of nitrogens with zero attached hydrogens (tertiary/aromatic N) is 2. The zero-order valence-electron chi connectivity index (χ0n) is 11.9. The predicted octanol–water partition coefficient (Wildman–Crippen LogP) is 3.42. The molecule has 0 amide bonds. The second-order valence-corrected chi connectivity index (χ2v) is 5.75. The molecule has 1 aromatic rings. The molecule has 1 saturated heterocycles. The molecule has 1 aromatic heterocycles. The number of aromatic nitrogens is 2. The van der Waals surface area contributed by atoms with Crippen LogP contribution in [0, 0.1) is 0 Å². The van der Waals surface area contributed by atoms with Crippen LogP contribution in [0.25, 0.3) is 0 Å². The van der Waals surface area contributed by atoms with Crippen molar-refractivity contribution in [3.05, 3.63) is 17.6 Å². The Hall–Kier alpha value is -1.16. The molecule has 0 spiro atoms. The zero-order chi connectivity index (χ0) is 13.2. The van der Waals surface area contributed by atoms with E-state index in [0.29, 0.717) is 12.0 Å². The smallest absolute Gasteiger partial charge is 0.159 e. The third kappa shape index (κ3) is 3.06. The van der Waals surface area contributed by atoms with Crippen molar-refractivity contribution >= 4 is 5.82 Å². The fraction of sp³-hybridized carbons (Fsp3) is 0.733. The maximum absolute atomic E-state index is 5.91. The molecule has 19 heavy (non-hydrogen) atoms. The Labute approximate surface area is 115 Å². The molecule has 4 heteroatoms. The van der Waals surface area contributed by atoms with Crippen molar-refractivity contribution in [1.82, 2.24) is 9.97 Å². The van der Waals surface area contributed by atoms with E-state index >= 15 is 0 Å². The van der Waals surface area contributed by atoms with Crippen LogP contribution in [-0.2, 0) is 4.74 Å². The van der Waals surface area contributed by atoms with Crippen LogP contribution in [0.1, 0.15) is 69.5 Å². The number of anilines is 1. The monoisotopic (exact) mass is 261 g/mol. The lowest BCUT2D eigenvalue weighted by Gasteiger charge is -2.13. The molecule has 0 aromatic carbocycles. The van der Waals surface area contributed by atoms with Crippen molar-refractivity contribution in [3.8, 4) is 0 Å². The van der Waals surface area contributed by atoms with Gasteiger partial charge in [-0.1, -0.05) is 6.92 Å². The minimum absolute atomic E-state index is 0.0934. The fourth-order valence-corrected chi connectivity index (χ4v) is 2.55. The van der Waals surface area contributed by atoms with Gasteiger partial charge in [0, 0.05) is 24.2 Å². The van der Waals surface area contributed by atoms with Crippen LogP contribution in [0.4, 0.5) is 5.82 Å². The van der Waals surface area contributed by atoms with Crippen LogP contribution in [0.2, 0.25) is 0 Å². The first kappa shape index (κ1) is 12.9. The molecular formula is C15H23N3O. The molecule has 3 rings (SSSR count). The molecule has 104 valence electrons. The summed E-state index contributed by atoms with van der Waals surface area (Å²) in [6.45, 7) is 5.25. The molecule has 1 N–H and O–H groups in total. The minimum Gasteiger partial charge on any atom is -0.370 e. The first-order valence-corrected chi connectivity index (χ1v) is 7.54. The first-order chi connectivity index (χ1) is 9.26. The normalized spacial score (nSPS) is 26.6. The summed E-state index contributed by atoms with van der Waals surface area (Å²) in [5.41, 5.74) is 1.20. The lowest BCUT2D eigenvalue weighted by atomic mass is 10.2. The van der Waals surface area contributed by atoms with Gasteiger partial charge in [-0.05, 0) is 39.0 Å². The number of rotatable bonds is 5. The predicted molar refractivity (Wildman–Crippen MR) is 75.3 cm³/mol. The molecule has 2 unspecified atom stereocenters. The summed E-state index contributed by atoms with van der Waals surface area (Å²) < 4.78 is 5.91. The van der Waals surface area contributed by atoms with E-state index in [-0.39, 0.29) is 6.10 Å². The standard InChI is InChI=1S/C15H23N3O/c1-3-8-16-14-9-12(11-5-6-11)17-15(18-14)13-7-4-10(2)19-13/h9-11,13H,3-8H2,1-2H3,(H,16,17,18). The molecular weight excluding hydrogens is 238 g/mol. The number of nitrogens with one attached hydrogen (secondary N) is 1.